The largest absolute Gasteiger partial charge is 0.573 e. The van der Waals surface area contributed by atoms with Crippen molar-refractivity contribution in [1.29, 1.82) is 0 Å². The highest BCUT2D eigenvalue weighted by Crippen LogP contribution is 2.49. The Labute approximate surface area is 192 Å². The molecule has 2 aromatic heterocycles. The molecule has 184 valence electrons. The Morgan fingerprint density at radius 2 is 1.85 bits per heavy atom. The number of hydrogen-bond donors (Lipinski definition) is 2. The van der Waals surface area contributed by atoms with Gasteiger partial charge in [0, 0.05) is 42.3 Å². The van der Waals surface area contributed by atoms with Crippen LogP contribution in [0.1, 0.15) is 25.3 Å². The average molecular weight is 508 g/mol. The molecule has 3 atom stereocenters. The molecule has 0 saturated carbocycles. The standard InChI is InChI=1S/C20H18F6N4O3S/c1-18(31,19(21,22)23)12-6-11(16-27-4-5-34-16)14-13(15(12)33-20(24,25)26)29-17(32-14)30-7-9-2-3-10(8-30)28-9/h4-6,9-10,28,31H,2-3,7-8H2,1H3. The van der Waals surface area contributed by atoms with E-state index in [0.717, 1.165) is 30.2 Å². The predicted octanol–water partition coefficient (Wildman–Crippen LogP) is 4.56. The van der Waals surface area contributed by atoms with Gasteiger partial charge in [0.25, 0.3) is 6.01 Å². The number of rotatable bonds is 4. The van der Waals surface area contributed by atoms with Crippen LogP contribution < -0.4 is 15.0 Å². The Kier molecular flexibility index (Phi) is 5.26. The Balaban J connectivity index is 1.76. The lowest BCUT2D eigenvalue weighted by molar-refractivity contribution is -0.280. The summed E-state index contributed by atoms with van der Waals surface area (Å²) in [4.78, 5) is 9.95. The Morgan fingerprint density at radius 3 is 2.41 bits per heavy atom. The average Bonchev–Trinajstić information content (AvgIpc) is 3.46. The molecule has 14 heteroatoms. The number of piperazine rings is 1. The van der Waals surface area contributed by atoms with Crippen molar-refractivity contribution in [2.24, 2.45) is 0 Å². The van der Waals surface area contributed by atoms with Crippen LogP contribution in [-0.2, 0) is 5.60 Å². The number of nitrogens with one attached hydrogen (secondary N) is 1. The van der Waals surface area contributed by atoms with E-state index >= 15 is 0 Å². The SMILES string of the molecule is CC(O)(c1cc(-c2nccs2)c2oc(N3CC4CCC(C3)N4)nc2c1OC(F)(F)F)C(F)(F)F. The molecule has 0 amide bonds. The van der Waals surface area contributed by atoms with E-state index in [9.17, 15) is 31.4 Å². The normalized spacial score (nSPS) is 22.9. The summed E-state index contributed by atoms with van der Waals surface area (Å²) in [7, 11) is 0. The van der Waals surface area contributed by atoms with Gasteiger partial charge < -0.3 is 24.5 Å². The fraction of sp³-hybridized carbons (Fsp3) is 0.500. The summed E-state index contributed by atoms with van der Waals surface area (Å²) >= 11 is 1.04. The van der Waals surface area contributed by atoms with Gasteiger partial charge in [0.15, 0.2) is 22.5 Å². The topological polar surface area (TPSA) is 83.7 Å². The van der Waals surface area contributed by atoms with E-state index in [-0.39, 0.29) is 34.3 Å². The number of ether oxygens (including phenoxy) is 1. The van der Waals surface area contributed by atoms with Crippen LogP contribution in [0.5, 0.6) is 5.75 Å². The van der Waals surface area contributed by atoms with Gasteiger partial charge in [-0.3, -0.25) is 0 Å². The number of benzene rings is 1. The first-order valence-corrected chi connectivity index (χ1v) is 11.1. The van der Waals surface area contributed by atoms with Gasteiger partial charge in [-0.2, -0.15) is 18.2 Å². The first-order chi connectivity index (χ1) is 15.8. The molecule has 2 aliphatic rings. The molecule has 2 fully saturated rings. The minimum absolute atomic E-state index is 0.0316. The summed E-state index contributed by atoms with van der Waals surface area (Å²) in [5.41, 5.74) is -5.64. The van der Waals surface area contributed by atoms with E-state index in [2.05, 4.69) is 20.0 Å². The summed E-state index contributed by atoms with van der Waals surface area (Å²) in [5, 5.41) is 15.5. The Morgan fingerprint density at radius 1 is 1.18 bits per heavy atom. The van der Waals surface area contributed by atoms with Gasteiger partial charge in [-0.05, 0) is 25.8 Å². The van der Waals surface area contributed by atoms with Gasteiger partial charge in [-0.25, -0.2) is 4.98 Å². The smallest absolute Gasteiger partial charge is 0.422 e. The molecule has 2 N–H and O–H groups in total. The summed E-state index contributed by atoms with van der Waals surface area (Å²) < 4.78 is 91.0. The number of thiazole rings is 1. The van der Waals surface area contributed by atoms with Gasteiger partial charge in [0.1, 0.15) is 5.01 Å². The summed E-state index contributed by atoms with van der Waals surface area (Å²) in [5.74, 6) is -1.27. The third-order valence-electron chi connectivity index (χ3n) is 6.05. The number of anilines is 1. The van der Waals surface area contributed by atoms with Crippen molar-refractivity contribution in [3.8, 4) is 16.3 Å². The molecule has 0 spiro atoms. The highest BCUT2D eigenvalue weighted by Gasteiger charge is 2.54. The van der Waals surface area contributed by atoms with Crippen molar-refractivity contribution < 1.29 is 40.6 Å². The zero-order valence-electron chi connectivity index (χ0n) is 17.5. The minimum Gasteiger partial charge on any atom is -0.422 e. The number of aromatic nitrogens is 2. The highest BCUT2D eigenvalue weighted by atomic mass is 32.1. The molecule has 3 unspecified atom stereocenters. The molecular weight excluding hydrogens is 490 g/mol. The lowest BCUT2D eigenvalue weighted by Crippen LogP contribution is -2.51. The van der Waals surface area contributed by atoms with E-state index in [1.54, 1.807) is 10.3 Å². The van der Waals surface area contributed by atoms with Crippen LogP contribution in [0.2, 0.25) is 0 Å². The Hall–Kier alpha value is -2.58. The van der Waals surface area contributed by atoms with E-state index < -0.39 is 35.0 Å². The van der Waals surface area contributed by atoms with Crippen LogP contribution in [0.25, 0.3) is 21.7 Å². The molecule has 5 rings (SSSR count). The van der Waals surface area contributed by atoms with Gasteiger partial charge in [0.2, 0.25) is 0 Å². The van der Waals surface area contributed by atoms with Crippen molar-refractivity contribution in [1.82, 2.24) is 15.3 Å². The first-order valence-electron chi connectivity index (χ1n) is 10.3. The number of nitrogens with zero attached hydrogens (tertiary/aromatic N) is 3. The summed E-state index contributed by atoms with van der Waals surface area (Å²) in [6.45, 7) is 1.30. The molecule has 4 heterocycles. The lowest BCUT2D eigenvalue weighted by atomic mass is 9.92. The molecule has 0 radical (unpaired) electrons. The number of alkyl halides is 6. The molecule has 2 bridgehead atoms. The quantitative estimate of drug-likeness (QED) is 0.500. The zero-order valence-corrected chi connectivity index (χ0v) is 18.3. The highest BCUT2D eigenvalue weighted by molar-refractivity contribution is 7.13. The fourth-order valence-electron chi connectivity index (χ4n) is 4.39. The molecule has 7 nitrogen and oxygen atoms in total. The van der Waals surface area contributed by atoms with Crippen molar-refractivity contribution in [3.63, 3.8) is 0 Å². The van der Waals surface area contributed by atoms with E-state index in [1.807, 2.05) is 0 Å². The minimum atomic E-state index is -5.35. The van der Waals surface area contributed by atoms with E-state index in [0.29, 0.717) is 20.0 Å². The van der Waals surface area contributed by atoms with E-state index in [4.69, 9.17) is 4.42 Å². The maximum atomic E-state index is 13.7. The van der Waals surface area contributed by atoms with Crippen LogP contribution >= 0.6 is 11.3 Å². The maximum absolute atomic E-state index is 13.7. The summed E-state index contributed by atoms with van der Waals surface area (Å²) in [6, 6.07) is 1.01. The van der Waals surface area contributed by atoms with Gasteiger partial charge in [-0.1, -0.05) is 0 Å². The Bertz CT molecular complexity index is 1200. The number of aliphatic hydroxyl groups is 1. The zero-order chi connectivity index (χ0) is 24.5. The molecular formula is C20H18F6N4O3S. The third-order valence-corrected chi connectivity index (χ3v) is 6.86. The van der Waals surface area contributed by atoms with Gasteiger partial charge in [0.05, 0.1) is 5.56 Å². The molecule has 0 aliphatic carbocycles. The second kappa shape index (κ2) is 7.71. The van der Waals surface area contributed by atoms with Crippen molar-refractivity contribution in [2.75, 3.05) is 18.0 Å². The molecule has 3 aromatic rings. The van der Waals surface area contributed by atoms with Crippen LogP contribution in [0, 0.1) is 0 Å². The third kappa shape index (κ3) is 3.96. The lowest BCUT2D eigenvalue weighted by Gasteiger charge is -2.31. The molecule has 1 aromatic carbocycles. The van der Waals surface area contributed by atoms with Crippen LogP contribution in [0.15, 0.2) is 22.1 Å². The molecule has 2 saturated heterocycles. The van der Waals surface area contributed by atoms with Crippen molar-refractivity contribution in [3.05, 3.63) is 23.2 Å². The fourth-order valence-corrected chi connectivity index (χ4v) is 5.04. The van der Waals surface area contributed by atoms with E-state index in [1.165, 1.54) is 6.20 Å². The monoisotopic (exact) mass is 508 g/mol. The first kappa shape index (κ1) is 23.2. The van der Waals surface area contributed by atoms with Gasteiger partial charge in [-0.15, -0.1) is 24.5 Å². The second-order valence-electron chi connectivity index (χ2n) is 8.47. The van der Waals surface area contributed by atoms with Crippen LogP contribution in [0.3, 0.4) is 0 Å². The number of oxazole rings is 1. The van der Waals surface area contributed by atoms with Crippen molar-refractivity contribution in [2.45, 2.75) is 50.0 Å². The van der Waals surface area contributed by atoms with Crippen LogP contribution in [0.4, 0.5) is 32.4 Å². The molecule has 34 heavy (non-hydrogen) atoms. The molecule has 2 aliphatic heterocycles. The predicted molar refractivity (Wildman–Crippen MR) is 110 cm³/mol. The van der Waals surface area contributed by atoms with Crippen molar-refractivity contribution >= 4 is 28.5 Å². The number of fused-ring (bicyclic) bond motifs is 3. The second-order valence-corrected chi connectivity index (χ2v) is 9.37. The van der Waals surface area contributed by atoms with Crippen LogP contribution in [-0.4, -0.2) is 52.8 Å². The maximum Gasteiger partial charge on any atom is 0.573 e. The summed E-state index contributed by atoms with van der Waals surface area (Å²) in [6.07, 6.45) is -7.45. The number of hydrogen-bond acceptors (Lipinski definition) is 8. The number of halogens is 6. The van der Waals surface area contributed by atoms with Gasteiger partial charge >= 0.3 is 12.5 Å².